The number of aryl methyl sites for hydroxylation is 1. The zero-order valence-electron chi connectivity index (χ0n) is 12.0. The van der Waals surface area contributed by atoms with Crippen LogP contribution in [0.5, 0.6) is 0 Å². The molecule has 3 rings (SSSR count). The van der Waals surface area contributed by atoms with Crippen LogP contribution in [0.2, 0.25) is 0 Å². The van der Waals surface area contributed by atoms with Crippen molar-refractivity contribution in [3.05, 3.63) is 59.7 Å². The van der Waals surface area contributed by atoms with Crippen LogP contribution in [-0.2, 0) is 0 Å². The van der Waals surface area contributed by atoms with E-state index in [9.17, 15) is 4.79 Å². The minimum absolute atomic E-state index is 0.0150. The molecule has 0 radical (unpaired) electrons. The van der Waals surface area contributed by atoms with E-state index in [1.807, 2.05) is 42.3 Å². The van der Waals surface area contributed by atoms with Crippen LogP contribution in [-0.4, -0.2) is 40.4 Å². The molecule has 1 unspecified atom stereocenters. The molecule has 1 amide bonds. The van der Waals surface area contributed by atoms with E-state index in [4.69, 9.17) is 0 Å². The van der Waals surface area contributed by atoms with Gasteiger partial charge in [-0.25, -0.2) is 0 Å². The largest absolute Gasteiger partial charge is 0.329 e. The van der Waals surface area contributed by atoms with Crippen molar-refractivity contribution in [3.63, 3.8) is 0 Å². The topological polar surface area (TPSA) is 58.1 Å². The molecule has 0 saturated carbocycles. The third-order valence-electron chi connectivity index (χ3n) is 3.73. The van der Waals surface area contributed by atoms with Gasteiger partial charge in [-0.1, -0.05) is 6.07 Å². The zero-order valence-corrected chi connectivity index (χ0v) is 12.0. The number of pyridine rings is 2. The first-order valence-corrected chi connectivity index (χ1v) is 7.10. The van der Waals surface area contributed by atoms with E-state index < -0.39 is 0 Å². The first-order valence-electron chi connectivity index (χ1n) is 7.10. The van der Waals surface area contributed by atoms with Crippen LogP contribution < -0.4 is 5.32 Å². The van der Waals surface area contributed by atoms with Gasteiger partial charge in [0.15, 0.2) is 0 Å². The van der Waals surface area contributed by atoms with Crippen molar-refractivity contribution in [1.82, 2.24) is 20.2 Å². The van der Waals surface area contributed by atoms with Crippen molar-refractivity contribution < 1.29 is 4.79 Å². The Bertz CT molecular complexity index is 612. The molecule has 3 heterocycles. The van der Waals surface area contributed by atoms with Gasteiger partial charge in [-0.05, 0) is 30.7 Å². The molecular weight excluding hydrogens is 264 g/mol. The van der Waals surface area contributed by atoms with E-state index in [1.165, 1.54) is 0 Å². The number of rotatable bonds is 2. The van der Waals surface area contributed by atoms with Gasteiger partial charge in [-0.3, -0.25) is 14.8 Å². The number of nitrogens with zero attached hydrogens (tertiary/aromatic N) is 3. The Hall–Kier alpha value is -2.27. The van der Waals surface area contributed by atoms with Crippen LogP contribution in [0.15, 0.2) is 42.9 Å². The fourth-order valence-electron chi connectivity index (χ4n) is 2.58. The molecule has 2 aromatic rings. The van der Waals surface area contributed by atoms with Gasteiger partial charge in [0, 0.05) is 43.9 Å². The van der Waals surface area contributed by atoms with E-state index in [2.05, 4.69) is 15.3 Å². The number of hydrogen-bond donors (Lipinski definition) is 1. The number of hydrogen-bond acceptors (Lipinski definition) is 4. The fraction of sp³-hybridized carbons (Fsp3) is 0.312. The van der Waals surface area contributed by atoms with Gasteiger partial charge in [-0.2, -0.15) is 0 Å². The number of nitrogens with one attached hydrogen (secondary N) is 1. The van der Waals surface area contributed by atoms with Gasteiger partial charge < -0.3 is 10.2 Å². The highest BCUT2D eigenvalue weighted by Gasteiger charge is 2.28. The molecule has 0 aromatic carbocycles. The van der Waals surface area contributed by atoms with Crippen LogP contribution in [0, 0.1) is 6.92 Å². The highest BCUT2D eigenvalue weighted by atomic mass is 16.2. The van der Waals surface area contributed by atoms with Gasteiger partial charge in [0.25, 0.3) is 5.91 Å². The second kappa shape index (κ2) is 6.01. The molecule has 1 fully saturated rings. The second-order valence-corrected chi connectivity index (χ2v) is 5.19. The highest BCUT2D eigenvalue weighted by Crippen LogP contribution is 2.23. The van der Waals surface area contributed by atoms with Gasteiger partial charge in [0.2, 0.25) is 0 Å². The third kappa shape index (κ3) is 2.92. The van der Waals surface area contributed by atoms with Crippen molar-refractivity contribution in [1.29, 1.82) is 0 Å². The number of amides is 1. The summed E-state index contributed by atoms with van der Waals surface area (Å²) in [5.74, 6) is 0.0258. The summed E-state index contributed by atoms with van der Waals surface area (Å²) in [6, 6.07) is 7.64. The number of carbonyl (C=O) groups is 1. The van der Waals surface area contributed by atoms with E-state index in [1.54, 1.807) is 12.4 Å². The predicted octanol–water partition coefficient (Wildman–Crippen LogP) is 1.57. The van der Waals surface area contributed by atoms with E-state index in [0.717, 1.165) is 24.3 Å². The number of aromatic nitrogens is 2. The molecule has 5 heteroatoms. The smallest absolute Gasteiger partial charge is 0.256 e. The molecule has 1 aliphatic heterocycles. The summed E-state index contributed by atoms with van der Waals surface area (Å²) >= 11 is 0. The fourth-order valence-corrected chi connectivity index (χ4v) is 2.58. The maximum Gasteiger partial charge on any atom is 0.256 e. The Kier molecular flexibility index (Phi) is 3.92. The Labute approximate surface area is 124 Å². The maximum atomic E-state index is 12.7. The third-order valence-corrected chi connectivity index (χ3v) is 3.73. The summed E-state index contributed by atoms with van der Waals surface area (Å²) < 4.78 is 0. The van der Waals surface area contributed by atoms with Gasteiger partial charge in [-0.15, -0.1) is 0 Å². The average molecular weight is 282 g/mol. The molecule has 2 aromatic heterocycles. The summed E-state index contributed by atoms with van der Waals surface area (Å²) in [6.45, 7) is 4.16. The van der Waals surface area contributed by atoms with E-state index >= 15 is 0 Å². The highest BCUT2D eigenvalue weighted by molar-refractivity contribution is 5.94. The first kappa shape index (κ1) is 13.7. The van der Waals surface area contributed by atoms with Crippen LogP contribution in [0.4, 0.5) is 0 Å². The molecule has 1 saturated heterocycles. The second-order valence-electron chi connectivity index (χ2n) is 5.19. The SMILES string of the molecule is Cc1ccc(C(=O)N2CCNCC2c2cccnc2)cn1. The summed E-state index contributed by atoms with van der Waals surface area (Å²) in [5, 5.41) is 3.34. The van der Waals surface area contributed by atoms with Gasteiger partial charge in [0.05, 0.1) is 11.6 Å². The lowest BCUT2D eigenvalue weighted by molar-refractivity contribution is 0.0633. The van der Waals surface area contributed by atoms with Crippen LogP contribution >= 0.6 is 0 Å². The van der Waals surface area contributed by atoms with E-state index in [0.29, 0.717) is 12.1 Å². The lowest BCUT2D eigenvalue weighted by atomic mass is 10.0. The Balaban J connectivity index is 1.87. The molecule has 0 bridgehead atoms. The van der Waals surface area contributed by atoms with Crippen molar-refractivity contribution >= 4 is 5.91 Å². The summed E-state index contributed by atoms with van der Waals surface area (Å²) in [5.41, 5.74) is 2.60. The minimum atomic E-state index is 0.0150. The minimum Gasteiger partial charge on any atom is -0.329 e. The zero-order chi connectivity index (χ0) is 14.7. The van der Waals surface area contributed by atoms with Crippen molar-refractivity contribution in [2.45, 2.75) is 13.0 Å². The predicted molar refractivity (Wildman–Crippen MR) is 79.9 cm³/mol. The molecule has 5 nitrogen and oxygen atoms in total. The molecule has 21 heavy (non-hydrogen) atoms. The molecule has 1 atom stereocenters. The molecular formula is C16H18N4O. The Morgan fingerprint density at radius 2 is 2.24 bits per heavy atom. The van der Waals surface area contributed by atoms with E-state index in [-0.39, 0.29) is 11.9 Å². The molecule has 0 aliphatic carbocycles. The number of piperazine rings is 1. The normalized spacial score (nSPS) is 18.5. The van der Waals surface area contributed by atoms with Crippen LogP contribution in [0.1, 0.15) is 27.7 Å². The Morgan fingerprint density at radius 3 is 2.95 bits per heavy atom. The number of carbonyl (C=O) groups excluding carboxylic acids is 1. The summed E-state index contributed by atoms with van der Waals surface area (Å²) in [7, 11) is 0. The molecule has 0 spiro atoms. The lowest BCUT2D eigenvalue weighted by Gasteiger charge is -2.36. The molecule has 1 aliphatic rings. The van der Waals surface area contributed by atoms with Crippen molar-refractivity contribution in [2.24, 2.45) is 0 Å². The van der Waals surface area contributed by atoms with Crippen LogP contribution in [0.3, 0.4) is 0 Å². The first-order chi connectivity index (χ1) is 10.3. The quantitative estimate of drug-likeness (QED) is 0.908. The van der Waals surface area contributed by atoms with Crippen molar-refractivity contribution in [2.75, 3.05) is 19.6 Å². The average Bonchev–Trinajstić information content (AvgIpc) is 2.56. The Morgan fingerprint density at radius 1 is 1.33 bits per heavy atom. The summed E-state index contributed by atoms with van der Waals surface area (Å²) in [6.07, 6.45) is 5.22. The summed E-state index contributed by atoms with van der Waals surface area (Å²) in [4.78, 5) is 23.0. The standard InChI is InChI=1S/C16H18N4O/c1-12-4-5-14(10-19-12)16(21)20-8-7-18-11-15(20)13-3-2-6-17-9-13/h2-6,9-10,15,18H,7-8,11H2,1H3. The van der Waals surface area contributed by atoms with Gasteiger partial charge in [0.1, 0.15) is 0 Å². The monoisotopic (exact) mass is 282 g/mol. The van der Waals surface area contributed by atoms with Crippen LogP contribution in [0.25, 0.3) is 0 Å². The lowest BCUT2D eigenvalue weighted by Crippen LogP contribution is -2.48. The maximum absolute atomic E-state index is 12.7. The molecule has 1 N–H and O–H groups in total. The van der Waals surface area contributed by atoms with Gasteiger partial charge >= 0.3 is 0 Å². The molecule has 108 valence electrons. The van der Waals surface area contributed by atoms with Crippen molar-refractivity contribution in [3.8, 4) is 0 Å².